The van der Waals surface area contributed by atoms with Gasteiger partial charge < -0.3 is 19.4 Å². The van der Waals surface area contributed by atoms with Crippen molar-refractivity contribution in [3.63, 3.8) is 0 Å². The zero-order valence-electron chi connectivity index (χ0n) is 19.7. The van der Waals surface area contributed by atoms with E-state index < -0.39 is 23.5 Å². The van der Waals surface area contributed by atoms with Gasteiger partial charge in [-0.3, -0.25) is 19.3 Å². The van der Waals surface area contributed by atoms with E-state index in [0.717, 1.165) is 16.2 Å². The van der Waals surface area contributed by atoms with Crippen molar-refractivity contribution in [1.82, 2.24) is 4.98 Å². The lowest BCUT2D eigenvalue weighted by molar-refractivity contribution is -0.117. The summed E-state index contributed by atoms with van der Waals surface area (Å²) in [6, 6.07) is 10.4. The summed E-state index contributed by atoms with van der Waals surface area (Å²) in [6.07, 6.45) is 0. The normalized spacial score (nSPS) is 15.6. The van der Waals surface area contributed by atoms with Crippen LogP contribution in [-0.4, -0.2) is 39.8 Å². The van der Waals surface area contributed by atoms with E-state index in [2.05, 4.69) is 20.9 Å². The Labute approximate surface area is 222 Å². The number of aliphatic hydroxyl groups is 1. The lowest BCUT2D eigenvalue weighted by Crippen LogP contribution is -2.31. The highest BCUT2D eigenvalue weighted by Crippen LogP contribution is 2.47. The molecule has 0 saturated heterocycles. The third-order valence-electron chi connectivity index (χ3n) is 6.00. The molecule has 0 bridgehead atoms. The van der Waals surface area contributed by atoms with Crippen LogP contribution in [-0.2, 0) is 4.79 Å². The van der Waals surface area contributed by atoms with Crippen molar-refractivity contribution in [3.8, 4) is 11.5 Å². The van der Waals surface area contributed by atoms with Gasteiger partial charge >= 0.3 is 0 Å². The number of para-hydroxylation sites is 1. The van der Waals surface area contributed by atoms with Crippen LogP contribution in [0.15, 0.2) is 62.7 Å². The number of aliphatic hydroxyl groups excluding tert-OH is 1. The van der Waals surface area contributed by atoms with Crippen LogP contribution in [0.5, 0.6) is 11.5 Å². The zero-order valence-corrected chi connectivity index (χ0v) is 22.1. The summed E-state index contributed by atoms with van der Waals surface area (Å²) in [6.45, 7) is 3.03. The lowest BCUT2D eigenvalue weighted by Gasteiger charge is -2.25. The number of hydrogen-bond acceptors (Lipinski definition) is 9. The number of furan rings is 1. The largest absolute Gasteiger partial charge is 0.503 e. The Balaban J connectivity index is 1.72. The highest BCUT2D eigenvalue weighted by atomic mass is 79.9. The maximum Gasteiger partial charge on any atom is 0.296 e. The van der Waals surface area contributed by atoms with Gasteiger partial charge in [-0.25, -0.2) is 4.98 Å². The predicted molar refractivity (Wildman–Crippen MR) is 140 cm³/mol. The van der Waals surface area contributed by atoms with E-state index in [-0.39, 0.29) is 38.2 Å². The Morgan fingerprint density at radius 2 is 1.92 bits per heavy atom. The van der Waals surface area contributed by atoms with Gasteiger partial charge in [-0.1, -0.05) is 29.5 Å². The number of aromatic hydroxyl groups is 1. The number of hydrogen-bond donors (Lipinski definition) is 2. The fourth-order valence-corrected chi connectivity index (χ4v) is 5.74. The van der Waals surface area contributed by atoms with Crippen molar-refractivity contribution in [3.05, 3.63) is 80.2 Å². The first-order valence-corrected chi connectivity index (χ1v) is 12.6. The molecule has 1 aliphatic heterocycles. The number of nitrogens with zero attached hydrogens (tertiary/aromatic N) is 2. The molecule has 3 heterocycles. The Morgan fingerprint density at radius 3 is 2.57 bits per heavy atom. The molecule has 5 rings (SSSR count). The number of Topliss-reactive ketones (excluding diaryl/α,β-unsaturated/α-hetero) is 2. The first-order chi connectivity index (χ1) is 17.6. The van der Waals surface area contributed by atoms with Crippen LogP contribution < -0.4 is 9.64 Å². The molecule has 1 amide bonds. The van der Waals surface area contributed by atoms with Crippen LogP contribution in [0.25, 0.3) is 11.0 Å². The van der Waals surface area contributed by atoms with Crippen LogP contribution in [0.1, 0.15) is 44.4 Å². The number of benzene rings is 2. The monoisotopic (exact) mass is 582 g/mol. The Bertz CT molecular complexity index is 1620. The number of aromatic nitrogens is 1. The average molecular weight is 583 g/mol. The molecule has 188 valence electrons. The first kappa shape index (κ1) is 24.7. The van der Waals surface area contributed by atoms with Gasteiger partial charge in [-0.05, 0) is 52.7 Å². The third kappa shape index (κ3) is 4.00. The number of fused-ring (bicyclic) bond motifs is 1. The number of phenolic OH excluding ortho intramolecular Hbond substituents is 1. The number of halogens is 1. The molecule has 2 aromatic heterocycles. The topological polar surface area (TPSA) is 130 Å². The van der Waals surface area contributed by atoms with Gasteiger partial charge in [-0.2, -0.15) is 0 Å². The number of ketones is 2. The van der Waals surface area contributed by atoms with Gasteiger partial charge in [0.25, 0.3) is 5.91 Å². The van der Waals surface area contributed by atoms with Gasteiger partial charge in [0, 0.05) is 12.3 Å². The molecule has 4 aromatic rings. The maximum atomic E-state index is 13.8. The number of phenols is 1. The maximum absolute atomic E-state index is 13.8. The number of ether oxygens (including phenoxy) is 1. The summed E-state index contributed by atoms with van der Waals surface area (Å²) >= 11 is 4.26. The molecule has 1 unspecified atom stereocenters. The molecule has 0 saturated carbocycles. The molecule has 0 radical (unpaired) electrons. The van der Waals surface area contributed by atoms with E-state index in [4.69, 9.17) is 9.15 Å². The van der Waals surface area contributed by atoms with E-state index in [1.165, 1.54) is 32.2 Å². The number of amides is 1. The second kappa shape index (κ2) is 9.16. The molecule has 37 heavy (non-hydrogen) atoms. The Hall–Kier alpha value is -3.96. The minimum atomic E-state index is -1.16. The van der Waals surface area contributed by atoms with Gasteiger partial charge in [0.05, 0.1) is 33.8 Å². The third-order valence-corrected chi connectivity index (χ3v) is 7.86. The lowest BCUT2D eigenvalue weighted by atomic mass is 9.95. The predicted octanol–water partition coefficient (Wildman–Crippen LogP) is 5.66. The van der Waals surface area contributed by atoms with E-state index in [9.17, 15) is 24.6 Å². The Kier molecular flexibility index (Phi) is 6.12. The molecule has 2 aromatic carbocycles. The van der Waals surface area contributed by atoms with Crippen molar-refractivity contribution in [2.45, 2.75) is 19.9 Å². The quantitative estimate of drug-likeness (QED) is 0.278. The highest BCUT2D eigenvalue weighted by molar-refractivity contribution is 9.10. The number of carbonyl (C=O) groups excluding carboxylic acids is 3. The number of aryl methyl sites for hydroxylation is 1. The average Bonchev–Trinajstić information content (AvgIpc) is 3.54. The van der Waals surface area contributed by atoms with Crippen molar-refractivity contribution in [2.24, 2.45) is 0 Å². The Morgan fingerprint density at radius 1 is 1.19 bits per heavy atom. The molecule has 0 fully saturated rings. The molecule has 0 aliphatic carbocycles. The molecule has 0 spiro atoms. The second-order valence-corrected chi connectivity index (χ2v) is 10.2. The summed E-state index contributed by atoms with van der Waals surface area (Å²) in [5.41, 5.74) is 0.996. The smallest absolute Gasteiger partial charge is 0.296 e. The summed E-state index contributed by atoms with van der Waals surface area (Å²) in [7, 11) is 1.36. The summed E-state index contributed by atoms with van der Waals surface area (Å²) < 4.78 is 11.3. The van der Waals surface area contributed by atoms with Crippen molar-refractivity contribution in [2.75, 3.05) is 12.0 Å². The molecule has 9 nitrogen and oxygen atoms in total. The SMILES string of the molecule is COc1cc(C2C(C(=O)c3cc4ccccc4o3)=C(O)C(=O)N2c2nc(C)c(C(C)=O)s2)cc(Br)c1O. The molecular weight excluding hydrogens is 564 g/mol. The van der Waals surface area contributed by atoms with Gasteiger partial charge in [0.15, 0.2) is 33.9 Å². The van der Waals surface area contributed by atoms with Crippen LogP contribution in [0.3, 0.4) is 0 Å². The number of carbonyl (C=O) groups is 3. The minimum Gasteiger partial charge on any atom is -0.503 e. The molecular formula is C26H19BrN2O7S. The highest BCUT2D eigenvalue weighted by Gasteiger charge is 2.47. The number of anilines is 1. The standard InChI is InChI=1S/C26H19BrN2O7S/c1-11-24(12(2)30)37-26(28-11)29-20(14-8-15(27)21(31)17(10-14)35-3)19(23(33)25(29)34)22(32)18-9-13-6-4-5-7-16(13)36-18/h4-10,20,31,33H,1-3H3. The summed E-state index contributed by atoms with van der Waals surface area (Å²) in [5, 5.41) is 22.2. The second-order valence-electron chi connectivity index (χ2n) is 8.34. The van der Waals surface area contributed by atoms with Gasteiger partial charge in [0.1, 0.15) is 5.58 Å². The summed E-state index contributed by atoms with van der Waals surface area (Å²) in [5.74, 6) is -2.71. The van der Waals surface area contributed by atoms with E-state index >= 15 is 0 Å². The van der Waals surface area contributed by atoms with Crippen molar-refractivity contribution < 1.29 is 33.8 Å². The van der Waals surface area contributed by atoms with Crippen LogP contribution >= 0.6 is 27.3 Å². The molecule has 1 aliphatic rings. The van der Waals surface area contributed by atoms with E-state index in [0.29, 0.717) is 27.1 Å². The van der Waals surface area contributed by atoms with Crippen LogP contribution in [0.4, 0.5) is 5.13 Å². The van der Waals surface area contributed by atoms with Gasteiger partial charge in [-0.15, -0.1) is 0 Å². The number of rotatable bonds is 6. The fourth-order valence-electron chi connectivity index (χ4n) is 4.30. The first-order valence-electron chi connectivity index (χ1n) is 11.0. The van der Waals surface area contributed by atoms with Crippen molar-refractivity contribution >= 4 is 60.8 Å². The van der Waals surface area contributed by atoms with E-state index in [1.807, 2.05) is 0 Å². The zero-order chi connectivity index (χ0) is 26.6. The molecule has 2 N–H and O–H groups in total. The molecule has 11 heteroatoms. The number of methoxy groups -OCH3 is 1. The molecule has 1 atom stereocenters. The van der Waals surface area contributed by atoms with Crippen LogP contribution in [0, 0.1) is 6.92 Å². The fraction of sp³-hybridized carbons (Fsp3) is 0.154. The number of thiazole rings is 1. The van der Waals surface area contributed by atoms with Crippen LogP contribution in [0.2, 0.25) is 0 Å². The summed E-state index contributed by atoms with van der Waals surface area (Å²) in [4.78, 5) is 45.2. The van der Waals surface area contributed by atoms with Crippen molar-refractivity contribution in [1.29, 1.82) is 0 Å². The van der Waals surface area contributed by atoms with E-state index in [1.54, 1.807) is 31.2 Å². The minimum absolute atomic E-state index is 0.0630. The van der Waals surface area contributed by atoms with Gasteiger partial charge in [0.2, 0.25) is 5.78 Å².